The third kappa shape index (κ3) is 4.79. The number of pyridine rings is 1. The number of aromatic nitrogens is 1. The summed E-state index contributed by atoms with van der Waals surface area (Å²) in [5.74, 6) is 0. The lowest BCUT2D eigenvalue weighted by atomic mass is 9.98. The fourth-order valence-corrected chi connectivity index (χ4v) is 3.55. The van der Waals surface area contributed by atoms with Crippen LogP contribution in [0.15, 0.2) is 128 Å². The largest absolute Gasteiger partial charge is 0.248 e. The normalized spacial score (nSPS) is 11.6. The molecule has 0 saturated heterocycles. The maximum absolute atomic E-state index is 4.99. The molecule has 31 heavy (non-hydrogen) atoms. The van der Waals surface area contributed by atoms with Crippen molar-refractivity contribution < 1.29 is 0 Å². The summed E-state index contributed by atoms with van der Waals surface area (Å²) in [5.41, 5.74) is 8.67. The van der Waals surface area contributed by atoms with Crippen molar-refractivity contribution >= 4 is 5.57 Å². The van der Waals surface area contributed by atoms with Crippen molar-refractivity contribution in [3.05, 3.63) is 134 Å². The fraction of sp³-hybridized carbons (Fsp3) is 0.0333. The molecule has 0 saturated carbocycles. The molecule has 150 valence electrons. The van der Waals surface area contributed by atoms with Crippen LogP contribution in [0.4, 0.5) is 0 Å². The van der Waals surface area contributed by atoms with E-state index in [0.717, 1.165) is 33.7 Å². The lowest BCUT2D eigenvalue weighted by Gasteiger charge is -2.11. The van der Waals surface area contributed by atoms with Gasteiger partial charge in [-0.3, -0.25) is 0 Å². The summed E-state index contributed by atoms with van der Waals surface area (Å²) in [5, 5.41) is 0. The van der Waals surface area contributed by atoms with Crippen molar-refractivity contribution in [2.45, 2.75) is 6.92 Å². The minimum atomic E-state index is 0.948. The van der Waals surface area contributed by atoms with Crippen molar-refractivity contribution in [1.29, 1.82) is 0 Å². The lowest BCUT2D eigenvalue weighted by molar-refractivity contribution is 1.31. The minimum absolute atomic E-state index is 0.948. The van der Waals surface area contributed by atoms with Crippen LogP contribution in [0.5, 0.6) is 0 Å². The first-order valence-corrected chi connectivity index (χ1v) is 10.5. The number of nitrogens with zero attached hydrogens (tertiary/aromatic N) is 1. The molecule has 0 bridgehead atoms. The Labute approximate surface area is 184 Å². The van der Waals surface area contributed by atoms with Crippen LogP contribution in [0.2, 0.25) is 0 Å². The first-order chi connectivity index (χ1) is 15.3. The Bertz CT molecular complexity index is 1210. The van der Waals surface area contributed by atoms with Crippen LogP contribution in [0.25, 0.3) is 39.2 Å². The average molecular weight is 400 g/mol. The summed E-state index contributed by atoms with van der Waals surface area (Å²) in [6, 6.07) is 33.6. The Balaban J connectivity index is 1.81. The first kappa shape index (κ1) is 20.3. The zero-order valence-corrected chi connectivity index (χ0v) is 17.7. The Kier molecular flexibility index (Phi) is 6.35. The van der Waals surface area contributed by atoms with Gasteiger partial charge in [0.15, 0.2) is 0 Å². The van der Waals surface area contributed by atoms with Gasteiger partial charge in [-0.2, -0.15) is 0 Å². The second kappa shape index (κ2) is 9.69. The molecule has 0 unspecified atom stereocenters. The van der Waals surface area contributed by atoms with Crippen molar-refractivity contribution in [2.75, 3.05) is 0 Å². The number of rotatable bonds is 6. The van der Waals surface area contributed by atoms with E-state index in [1.54, 1.807) is 0 Å². The van der Waals surface area contributed by atoms with Crippen LogP contribution < -0.4 is 0 Å². The van der Waals surface area contributed by atoms with Gasteiger partial charge in [0.05, 0.1) is 11.4 Å². The van der Waals surface area contributed by atoms with Gasteiger partial charge in [-0.25, -0.2) is 4.98 Å². The highest BCUT2D eigenvalue weighted by Crippen LogP contribution is 2.30. The highest BCUT2D eigenvalue weighted by molar-refractivity contribution is 5.81. The summed E-state index contributed by atoms with van der Waals surface area (Å²) >= 11 is 0. The molecule has 4 aromatic rings. The van der Waals surface area contributed by atoms with E-state index < -0.39 is 0 Å². The molecular formula is C30H25N. The molecule has 1 nitrogen and oxygen atoms in total. The Morgan fingerprint density at radius 3 is 1.71 bits per heavy atom. The molecule has 0 aliphatic rings. The molecule has 0 spiro atoms. The summed E-state index contributed by atoms with van der Waals surface area (Å²) in [7, 11) is 0. The van der Waals surface area contributed by atoms with Gasteiger partial charge in [-0.1, -0.05) is 116 Å². The number of benzene rings is 3. The molecule has 0 radical (unpaired) electrons. The van der Waals surface area contributed by atoms with Gasteiger partial charge in [0.1, 0.15) is 0 Å². The van der Waals surface area contributed by atoms with E-state index in [-0.39, 0.29) is 0 Å². The Morgan fingerprint density at radius 1 is 0.677 bits per heavy atom. The Morgan fingerprint density at radius 2 is 1.16 bits per heavy atom. The van der Waals surface area contributed by atoms with E-state index in [2.05, 4.69) is 85.5 Å². The van der Waals surface area contributed by atoms with Crippen molar-refractivity contribution in [1.82, 2.24) is 4.98 Å². The minimum Gasteiger partial charge on any atom is -0.248 e. The van der Waals surface area contributed by atoms with Gasteiger partial charge in [0.25, 0.3) is 0 Å². The highest BCUT2D eigenvalue weighted by atomic mass is 14.7. The summed E-state index contributed by atoms with van der Waals surface area (Å²) in [4.78, 5) is 4.99. The van der Waals surface area contributed by atoms with Gasteiger partial charge < -0.3 is 0 Å². The molecule has 0 amide bonds. The van der Waals surface area contributed by atoms with Crippen LogP contribution in [0.3, 0.4) is 0 Å². The predicted octanol–water partition coefficient (Wildman–Crippen LogP) is 8.23. The summed E-state index contributed by atoms with van der Waals surface area (Å²) < 4.78 is 0. The molecule has 3 aromatic carbocycles. The lowest BCUT2D eigenvalue weighted by Crippen LogP contribution is -1.93. The molecule has 0 aliphatic heterocycles. The fourth-order valence-electron chi connectivity index (χ4n) is 3.55. The van der Waals surface area contributed by atoms with Gasteiger partial charge in [0.2, 0.25) is 0 Å². The zero-order chi connectivity index (χ0) is 21.5. The monoisotopic (exact) mass is 399 g/mol. The maximum Gasteiger partial charge on any atom is 0.0715 e. The summed E-state index contributed by atoms with van der Waals surface area (Å²) in [6.07, 6.45) is 8.03. The standard InChI is InChI=1S/C30H25N/c1-3-5-12-23(4-2)28-21-29(26-15-10-7-11-16-26)31-30(22-28)27-19-17-25(18-20-27)24-13-8-6-9-14-24/h3-22H,2H2,1H3/b5-3-,23-12+. The maximum atomic E-state index is 4.99. The average Bonchev–Trinajstić information content (AvgIpc) is 2.85. The molecule has 1 aromatic heterocycles. The summed E-state index contributed by atoms with van der Waals surface area (Å²) in [6.45, 7) is 6.03. The third-order valence-corrected chi connectivity index (χ3v) is 5.20. The smallest absolute Gasteiger partial charge is 0.0715 e. The van der Waals surface area contributed by atoms with E-state index in [1.165, 1.54) is 11.1 Å². The van der Waals surface area contributed by atoms with Crippen molar-refractivity contribution in [2.24, 2.45) is 0 Å². The van der Waals surface area contributed by atoms with Crippen molar-refractivity contribution in [3.8, 4) is 33.6 Å². The van der Waals surface area contributed by atoms with Crippen molar-refractivity contribution in [3.63, 3.8) is 0 Å². The quantitative estimate of drug-likeness (QED) is 0.298. The SMILES string of the molecule is C=C/C(=C\C=C/C)c1cc(-c2ccccc2)nc(-c2ccc(-c3ccccc3)cc2)c1. The van der Waals surface area contributed by atoms with Crippen LogP contribution in [-0.2, 0) is 0 Å². The molecule has 4 rings (SSSR count). The number of hydrogen-bond acceptors (Lipinski definition) is 1. The van der Waals surface area contributed by atoms with E-state index in [0.29, 0.717) is 0 Å². The molecule has 0 N–H and O–H groups in total. The van der Waals surface area contributed by atoms with E-state index in [9.17, 15) is 0 Å². The van der Waals surface area contributed by atoms with E-state index in [1.807, 2.05) is 49.4 Å². The second-order valence-corrected chi connectivity index (χ2v) is 7.29. The Hall–Kier alpha value is -3.97. The highest BCUT2D eigenvalue weighted by Gasteiger charge is 2.09. The van der Waals surface area contributed by atoms with Gasteiger partial charge >= 0.3 is 0 Å². The van der Waals surface area contributed by atoms with E-state index in [4.69, 9.17) is 4.98 Å². The molecule has 1 heteroatoms. The van der Waals surface area contributed by atoms with Crippen LogP contribution in [-0.4, -0.2) is 4.98 Å². The molecular weight excluding hydrogens is 374 g/mol. The molecule has 0 atom stereocenters. The molecule has 0 aliphatic carbocycles. The van der Waals surface area contributed by atoms with Gasteiger partial charge in [0, 0.05) is 11.1 Å². The topological polar surface area (TPSA) is 12.9 Å². The number of allylic oxidation sites excluding steroid dienone is 5. The van der Waals surface area contributed by atoms with Crippen LogP contribution in [0, 0.1) is 0 Å². The molecule has 1 heterocycles. The van der Waals surface area contributed by atoms with Crippen LogP contribution in [0.1, 0.15) is 12.5 Å². The third-order valence-electron chi connectivity index (χ3n) is 5.20. The molecule has 0 fully saturated rings. The number of hydrogen-bond donors (Lipinski definition) is 0. The van der Waals surface area contributed by atoms with Crippen LogP contribution >= 0.6 is 0 Å². The second-order valence-electron chi connectivity index (χ2n) is 7.29. The van der Waals surface area contributed by atoms with E-state index >= 15 is 0 Å². The first-order valence-electron chi connectivity index (χ1n) is 10.5. The zero-order valence-electron chi connectivity index (χ0n) is 17.7. The van der Waals surface area contributed by atoms with Gasteiger partial charge in [-0.05, 0) is 41.3 Å². The predicted molar refractivity (Wildman–Crippen MR) is 134 cm³/mol. The van der Waals surface area contributed by atoms with Gasteiger partial charge in [-0.15, -0.1) is 0 Å².